The molecule has 1 aliphatic heterocycles. The third kappa shape index (κ3) is 6.22. The molecule has 2 aromatic carbocycles. The van der Waals surface area contributed by atoms with Crippen LogP contribution in [0.3, 0.4) is 0 Å². The highest BCUT2D eigenvalue weighted by Gasteiger charge is 2.58. The SMILES string of the molecule is COc1cccc(CO[C@]2(C(=O)NC(C)C)C[C@H](OCc3ccccc3)[C@@H]3OC(C)(C)O[C@@H]3C2)c1. The molecule has 1 amide bonds. The van der Waals surface area contributed by atoms with Gasteiger partial charge in [-0.3, -0.25) is 4.79 Å². The molecule has 2 aliphatic rings. The maximum Gasteiger partial charge on any atom is 0.252 e. The topological polar surface area (TPSA) is 75.3 Å². The fourth-order valence-corrected chi connectivity index (χ4v) is 4.86. The van der Waals surface area contributed by atoms with E-state index in [2.05, 4.69) is 5.32 Å². The number of carbonyl (C=O) groups excluding carboxylic acids is 1. The predicted octanol–water partition coefficient (Wildman–Crippen LogP) is 4.37. The molecule has 0 radical (unpaired) electrons. The van der Waals surface area contributed by atoms with E-state index in [0.29, 0.717) is 19.4 Å². The quantitative estimate of drug-likeness (QED) is 0.571. The van der Waals surface area contributed by atoms with Gasteiger partial charge in [-0.05, 0) is 51.0 Å². The van der Waals surface area contributed by atoms with Gasteiger partial charge < -0.3 is 29.0 Å². The van der Waals surface area contributed by atoms with Crippen LogP contribution in [0, 0.1) is 0 Å². The molecule has 0 bridgehead atoms. The van der Waals surface area contributed by atoms with Crippen LogP contribution in [0.1, 0.15) is 51.7 Å². The van der Waals surface area contributed by atoms with Crippen molar-refractivity contribution in [1.82, 2.24) is 5.32 Å². The Morgan fingerprint density at radius 1 is 1.03 bits per heavy atom. The number of hydrogen-bond donors (Lipinski definition) is 1. The molecule has 7 heteroatoms. The minimum absolute atomic E-state index is 0.0293. The van der Waals surface area contributed by atoms with E-state index in [-0.39, 0.29) is 36.9 Å². The molecule has 35 heavy (non-hydrogen) atoms. The third-order valence-electron chi connectivity index (χ3n) is 6.44. The van der Waals surface area contributed by atoms with Crippen LogP contribution in [0.15, 0.2) is 54.6 Å². The fraction of sp³-hybridized carbons (Fsp3) is 0.536. The lowest BCUT2D eigenvalue weighted by molar-refractivity contribution is -0.183. The van der Waals surface area contributed by atoms with Crippen molar-refractivity contribution >= 4 is 5.91 Å². The monoisotopic (exact) mass is 483 g/mol. The zero-order valence-electron chi connectivity index (χ0n) is 21.3. The molecule has 0 aromatic heterocycles. The number of methoxy groups -OCH3 is 1. The largest absolute Gasteiger partial charge is 0.497 e. The van der Waals surface area contributed by atoms with E-state index in [9.17, 15) is 4.79 Å². The minimum Gasteiger partial charge on any atom is -0.497 e. The van der Waals surface area contributed by atoms with Gasteiger partial charge in [-0.1, -0.05) is 42.5 Å². The molecule has 4 atom stereocenters. The van der Waals surface area contributed by atoms with Gasteiger partial charge in [-0.15, -0.1) is 0 Å². The van der Waals surface area contributed by atoms with Crippen molar-refractivity contribution < 1.29 is 28.5 Å². The summed E-state index contributed by atoms with van der Waals surface area (Å²) in [5.41, 5.74) is 0.857. The van der Waals surface area contributed by atoms with E-state index in [1.165, 1.54) is 0 Å². The summed E-state index contributed by atoms with van der Waals surface area (Å²) in [7, 11) is 1.63. The summed E-state index contributed by atoms with van der Waals surface area (Å²) >= 11 is 0. The number of hydrogen-bond acceptors (Lipinski definition) is 6. The molecule has 1 N–H and O–H groups in total. The smallest absolute Gasteiger partial charge is 0.252 e. The van der Waals surface area contributed by atoms with E-state index in [1.54, 1.807) is 7.11 Å². The van der Waals surface area contributed by atoms with Gasteiger partial charge in [0.2, 0.25) is 0 Å². The summed E-state index contributed by atoms with van der Waals surface area (Å²) in [6, 6.07) is 17.6. The summed E-state index contributed by atoms with van der Waals surface area (Å²) in [5, 5.41) is 3.07. The third-order valence-corrected chi connectivity index (χ3v) is 6.44. The number of carbonyl (C=O) groups is 1. The summed E-state index contributed by atoms with van der Waals surface area (Å²) in [6.45, 7) is 8.35. The number of nitrogens with one attached hydrogen (secondary N) is 1. The maximum absolute atomic E-state index is 13.6. The summed E-state index contributed by atoms with van der Waals surface area (Å²) in [4.78, 5) is 13.6. The average Bonchev–Trinajstić information content (AvgIpc) is 3.15. The minimum atomic E-state index is -1.13. The Morgan fingerprint density at radius 2 is 1.77 bits per heavy atom. The van der Waals surface area contributed by atoms with Crippen LogP contribution < -0.4 is 10.1 Å². The van der Waals surface area contributed by atoms with E-state index in [0.717, 1.165) is 16.9 Å². The first kappa shape index (κ1) is 25.6. The second kappa shape index (κ2) is 10.7. The summed E-state index contributed by atoms with van der Waals surface area (Å²) < 4.78 is 30.7. The van der Waals surface area contributed by atoms with Gasteiger partial charge in [0.25, 0.3) is 5.91 Å². The zero-order valence-corrected chi connectivity index (χ0v) is 21.3. The Kier molecular flexibility index (Phi) is 7.81. The van der Waals surface area contributed by atoms with E-state index in [4.69, 9.17) is 23.7 Å². The van der Waals surface area contributed by atoms with Gasteiger partial charge in [-0.25, -0.2) is 0 Å². The number of fused-ring (bicyclic) bond motifs is 1. The summed E-state index contributed by atoms with van der Waals surface area (Å²) in [6.07, 6.45) is -0.242. The van der Waals surface area contributed by atoms with E-state index >= 15 is 0 Å². The first-order valence-electron chi connectivity index (χ1n) is 12.3. The number of rotatable bonds is 9. The average molecular weight is 484 g/mol. The van der Waals surface area contributed by atoms with Crippen molar-refractivity contribution in [2.45, 2.75) is 89.5 Å². The van der Waals surface area contributed by atoms with E-state index < -0.39 is 11.4 Å². The highest BCUT2D eigenvalue weighted by atomic mass is 16.8. The highest BCUT2D eigenvalue weighted by Crippen LogP contribution is 2.44. The second-order valence-electron chi connectivity index (χ2n) is 10.1. The molecular weight excluding hydrogens is 446 g/mol. The van der Waals surface area contributed by atoms with Crippen LogP contribution in [0.4, 0.5) is 0 Å². The van der Waals surface area contributed by atoms with Crippen molar-refractivity contribution in [3.05, 3.63) is 65.7 Å². The van der Waals surface area contributed by atoms with Crippen LogP contribution in [0.2, 0.25) is 0 Å². The lowest BCUT2D eigenvalue weighted by Gasteiger charge is -2.43. The molecule has 1 saturated carbocycles. The molecule has 2 aromatic rings. The lowest BCUT2D eigenvalue weighted by atomic mass is 9.78. The van der Waals surface area contributed by atoms with Gasteiger partial charge in [0.1, 0.15) is 11.9 Å². The first-order chi connectivity index (χ1) is 16.7. The molecular formula is C28H37NO6. The Bertz CT molecular complexity index is 994. The maximum atomic E-state index is 13.6. The number of benzene rings is 2. The molecule has 1 aliphatic carbocycles. The zero-order chi connectivity index (χ0) is 25.1. The van der Waals surface area contributed by atoms with Crippen molar-refractivity contribution in [3.8, 4) is 5.75 Å². The van der Waals surface area contributed by atoms with Crippen LogP contribution >= 0.6 is 0 Å². The standard InChI is InChI=1S/C28H37NO6/c1-19(2)29-26(30)28(33-18-21-12-9-13-22(14-21)31-5)15-23(32-17-20-10-7-6-8-11-20)25-24(16-28)34-27(3,4)35-25/h6-14,19,23-25H,15-18H2,1-5H3,(H,29,30)/t23-,24+,25-,28+/m0/s1. The Balaban J connectivity index is 1.60. The lowest BCUT2D eigenvalue weighted by Crippen LogP contribution is -2.60. The molecule has 1 heterocycles. The van der Waals surface area contributed by atoms with Gasteiger partial charge in [0.05, 0.1) is 32.5 Å². The molecule has 0 unspecified atom stereocenters. The Hall–Kier alpha value is -2.45. The molecule has 4 rings (SSSR count). The van der Waals surface area contributed by atoms with Crippen molar-refractivity contribution in [2.24, 2.45) is 0 Å². The van der Waals surface area contributed by atoms with Gasteiger partial charge in [0, 0.05) is 18.9 Å². The van der Waals surface area contributed by atoms with Crippen LogP contribution in [0.5, 0.6) is 5.75 Å². The Labute approximate surface area is 208 Å². The number of amides is 1. The molecule has 2 fully saturated rings. The van der Waals surface area contributed by atoms with Crippen LogP contribution in [-0.2, 0) is 37.0 Å². The van der Waals surface area contributed by atoms with Gasteiger partial charge in [-0.2, -0.15) is 0 Å². The Morgan fingerprint density at radius 3 is 2.49 bits per heavy atom. The fourth-order valence-electron chi connectivity index (χ4n) is 4.86. The molecule has 1 saturated heterocycles. The number of ether oxygens (including phenoxy) is 5. The van der Waals surface area contributed by atoms with Crippen molar-refractivity contribution in [3.63, 3.8) is 0 Å². The van der Waals surface area contributed by atoms with E-state index in [1.807, 2.05) is 82.3 Å². The first-order valence-corrected chi connectivity index (χ1v) is 12.3. The van der Waals surface area contributed by atoms with Crippen LogP contribution in [-0.4, -0.2) is 48.8 Å². The van der Waals surface area contributed by atoms with Crippen LogP contribution in [0.25, 0.3) is 0 Å². The van der Waals surface area contributed by atoms with Crippen molar-refractivity contribution in [1.29, 1.82) is 0 Å². The molecule has 190 valence electrons. The van der Waals surface area contributed by atoms with Crippen molar-refractivity contribution in [2.75, 3.05) is 7.11 Å². The highest BCUT2D eigenvalue weighted by molar-refractivity contribution is 5.85. The van der Waals surface area contributed by atoms with Gasteiger partial charge >= 0.3 is 0 Å². The van der Waals surface area contributed by atoms with Gasteiger partial charge in [0.15, 0.2) is 11.4 Å². The second-order valence-corrected chi connectivity index (χ2v) is 10.1. The molecule has 7 nitrogen and oxygen atoms in total. The molecule has 0 spiro atoms. The predicted molar refractivity (Wildman–Crippen MR) is 132 cm³/mol. The summed E-state index contributed by atoms with van der Waals surface area (Å²) in [5.74, 6) is -0.175. The normalized spacial score (nSPS) is 27.4.